The van der Waals surface area contributed by atoms with Gasteiger partial charge in [0.2, 0.25) is 0 Å². The third kappa shape index (κ3) is 2.58. The minimum atomic E-state index is -0.203. The maximum Gasteiger partial charge on any atom is 0.119 e. The Labute approximate surface area is 122 Å². The first kappa shape index (κ1) is 14.6. The van der Waals surface area contributed by atoms with Gasteiger partial charge in [-0.05, 0) is 29.5 Å². The molecule has 0 saturated carbocycles. The van der Waals surface area contributed by atoms with Crippen LogP contribution in [0.5, 0.6) is 5.75 Å². The van der Waals surface area contributed by atoms with Gasteiger partial charge in [0, 0.05) is 11.0 Å². The Kier molecular flexibility index (Phi) is 4.17. The summed E-state index contributed by atoms with van der Waals surface area (Å²) in [5, 5.41) is 10.4. The van der Waals surface area contributed by atoms with Crippen molar-refractivity contribution >= 4 is 0 Å². The van der Waals surface area contributed by atoms with Crippen LogP contribution in [0.4, 0.5) is 0 Å². The SMILES string of the molecule is CCC(C)c1cccc(O)c1C(C)(C)c1ccccc1. The van der Waals surface area contributed by atoms with Crippen molar-refractivity contribution < 1.29 is 5.11 Å². The standard InChI is InChI=1S/C19H24O/c1-5-14(2)16-12-9-13-17(20)18(16)19(3,4)15-10-7-6-8-11-15/h6-14,20H,5H2,1-4H3. The van der Waals surface area contributed by atoms with Gasteiger partial charge >= 0.3 is 0 Å². The molecule has 0 radical (unpaired) electrons. The third-order valence-corrected chi connectivity index (χ3v) is 4.34. The minimum absolute atomic E-state index is 0.203. The van der Waals surface area contributed by atoms with E-state index in [0.717, 1.165) is 12.0 Å². The summed E-state index contributed by atoms with van der Waals surface area (Å²) in [4.78, 5) is 0. The highest BCUT2D eigenvalue weighted by atomic mass is 16.3. The van der Waals surface area contributed by atoms with Crippen LogP contribution in [0.25, 0.3) is 0 Å². The second kappa shape index (κ2) is 5.70. The van der Waals surface area contributed by atoms with E-state index in [1.165, 1.54) is 11.1 Å². The van der Waals surface area contributed by atoms with Gasteiger partial charge in [-0.15, -0.1) is 0 Å². The van der Waals surface area contributed by atoms with Gasteiger partial charge in [-0.3, -0.25) is 0 Å². The highest BCUT2D eigenvalue weighted by molar-refractivity contribution is 5.50. The normalized spacial score (nSPS) is 13.2. The second-order valence-corrected chi connectivity index (χ2v) is 6.04. The molecule has 0 aliphatic carbocycles. The molecule has 0 saturated heterocycles. The molecule has 2 rings (SSSR count). The molecule has 0 heterocycles. The third-order valence-electron chi connectivity index (χ3n) is 4.34. The summed E-state index contributed by atoms with van der Waals surface area (Å²) in [6.45, 7) is 8.78. The zero-order valence-electron chi connectivity index (χ0n) is 12.9. The summed E-state index contributed by atoms with van der Waals surface area (Å²) in [6, 6.07) is 16.3. The van der Waals surface area contributed by atoms with Crippen LogP contribution in [0.3, 0.4) is 0 Å². The second-order valence-electron chi connectivity index (χ2n) is 6.04. The molecule has 1 atom stereocenters. The lowest BCUT2D eigenvalue weighted by Gasteiger charge is -2.31. The fourth-order valence-corrected chi connectivity index (χ4v) is 2.87. The molecular weight excluding hydrogens is 244 g/mol. The number of hydrogen-bond donors (Lipinski definition) is 1. The van der Waals surface area contributed by atoms with E-state index >= 15 is 0 Å². The van der Waals surface area contributed by atoms with Crippen molar-refractivity contribution in [1.82, 2.24) is 0 Å². The highest BCUT2D eigenvalue weighted by Crippen LogP contribution is 2.41. The lowest BCUT2D eigenvalue weighted by molar-refractivity contribution is 0.449. The van der Waals surface area contributed by atoms with Gasteiger partial charge in [0.25, 0.3) is 0 Å². The molecular formula is C19H24O. The topological polar surface area (TPSA) is 20.2 Å². The fourth-order valence-electron chi connectivity index (χ4n) is 2.87. The molecule has 20 heavy (non-hydrogen) atoms. The van der Waals surface area contributed by atoms with E-state index in [2.05, 4.69) is 58.0 Å². The van der Waals surface area contributed by atoms with Crippen LogP contribution in [0.2, 0.25) is 0 Å². The fraction of sp³-hybridized carbons (Fsp3) is 0.368. The number of phenols is 1. The summed E-state index contributed by atoms with van der Waals surface area (Å²) in [6.07, 6.45) is 1.07. The molecule has 1 heteroatoms. The largest absolute Gasteiger partial charge is 0.508 e. The zero-order valence-corrected chi connectivity index (χ0v) is 12.9. The quantitative estimate of drug-likeness (QED) is 0.804. The first-order chi connectivity index (χ1) is 9.48. The Balaban J connectivity index is 2.62. The molecule has 106 valence electrons. The van der Waals surface area contributed by atoms with Gasteiger partial charge in [0.15, 0.2) is 0 Å². The molecule has 0 aliphatic rings. The number of hydrogen-bond acceptors (Lipinski definition) is 1. The molecule has 0 aromatic heterocycles. The maximum absolute atomic E-state index is 10.4. The van der Waals surface area contributed by atoms with E-state index in [9.17, 15) is 5.11 Å². The Bertz CT molecular complexity index is 570. The Morgan fingerprint density at radius 3 is 2.25 bits per heavy atom. The average Bonchev–Trinajstić information content (AvgIpc) is 2.46. The zero-order chi connectivity index (χ0) is 14.8. The van der Waals surface area contributed by atoms with E-state index in [1.54, 1.807) is 6.07 Å². The molecule has 2 aromatic rings. The monoisotopic (exact) mass is 268 g/mol. The molecule has 1 N–H and O–H groups in total. The molecule has 0 bridgehead atoms. The van der Waals surface area contributed by atoms with E-state index in [-0.39, 0.29) is 5.41 Å². The summed E-state index contributed by atoms with van der Waals surface area (Å²) < 4.78 is 0. The molecule has 1 nitrogen and oxygen atoms in total. The van der Waals surface area contributed by atoms with E-state index in [1.807, 2.05) is 12.1 Å². The molecule has 2 aromatic carbocycles. The van der Waals surface area contributed by atoms with Gasteiger partial charge in [0.05, 0.1) is 0 Å². The van der Waals surface area contributed by atoms with Crippen molar-refractivity contribution in [2.75, 3.05) is 0 Å². The van der Waals surface area contributed by atoms with Crippen molar-refractivity contribution in [3.8, 4) is 5.75 Å². The first-order valence-corrected chi connectivity index (χ1v) is 7.36. The summed E-state index contributed by atoms with van der Waals surface area (Å²) in [7, 11) is 0. The first-order valence-electron chi connectivity index (χ1n) is 7.36. The molecule has 0 aliphatic heterocycles. The van der Waals surface area contributed by atoms with Crippen LogP contribution in [-0.2, 0) is 5.41 Å². The maximum atomic E-state index is 10.4. The summed E-state index contributed by atoms with van der Waals surface area (Å²) >= 11 is 0. The highest BCUT2D eigenvalue weighted by Gasteiger charge is 2.29. The Morgan fingerprint density at radius 1 is 1.00 bits per heavy atom. The number of rotatable bonds is 4. The lowest BCUT2D eigenvalue weighted by atomic mass is 9.73. The van der Waals surface area contributed by atoms with Crippen molar-refractivity contribution in [2.24, 2.45) is 0 Å². The van der Waals surface area contributed by atoms with Crippen LogP contribution in [0.1, 0.15) is 56.7 Å². The van der Waals surface area contributed by atoms with Gasteiger partial charge < -0.3 is 5.11 Å². The Hall–Kier alpha value is -1.76. The summed E-state index contributed by atoms with van der Waals surface area (Å²) in [5.74, 6) is 0.844. The smallest absolute Gasteiger partial charge is 0.119 e. The average molecular weight is 268 g/mol. The predicted octanol–water partition coefficient (Wildman–Crippen LogP) is 5.23. The number of benzene rings is 2. The van der Waals surface area contributed by atoms with Crippen LogP contribution >= 0.6 is 0 Å². The van der Waals surface area contributed by atoms with Gasteiger partial charge in [-0.1, -0.05) is 70.2 Å². The van der Waals surface area contributed by atoms with Crippen molar-refractivity contribution in [2.45, 2.75) is 45.4 Å². The van der Waals surface area contributed by atoms with Crippen molar-refractivity contribution in [1.29, 1.82) is 0 Å². The van der Waals surface area contributed by atoms with Crippen LogP contribution < -0.4 is 0 Å². The van der Waals surface area contributed by atoms with Gasteiger partial charge in [0.1, 0.15) is 5.75 Å². The molecule has 0 amide bonds. The van der Waals surface area contributed by atoms with Crippen LogP contribution in [0.15, 0.2) is 48.5 Å². The Morgan fingerprint density at radius 2 is 1.65 bits per heavy atom. The van der Waals surface area contributed by atoms with Crippen LogP contribution in [0, 0.1) is 0 Å². The van der Waals surface area contributed by atoms with E-state index in [4.69, 9.17) is 0 Å². The predicted molar refractivity (Wildman–Crippen MR) is 85.4 cm³/mol. The number of phenolic OH excluding ortho intramolecular Hbond substituents is 1. The summed E-state index contributed by atoms with van der Waals surface area (Å²) in [5.41, 5.74) is 3.33. The molecule has 1 unspecified atom stereocenters. The van der Waals surface area contributed by atoms with E-state index < -0.39 is 0 Å². The minimum Gasteiger partial charge on any atom is -0.508 e. The van der Waals surface area contributed by atoms with Gasteiger partial charge in [-0.2, -0.15) is 0 Å². The number of aromatic hydroxyl groups is 1. The molecule has 0 fully saturated rings. The van der Waals surface area contributed by atoms with Crippen LogP contribution in [-0.4, -0.2) is 5.11 Å². The van der Waals surface area contributed by atoms with Gasteiger partial charge in [-0.25, -0.2) is 0 Å². The van der Waals surface area contributed by atoms with Crippen molar-refractivity contribution in [3.05, 3.63) is 65.2 Å². The lowest BCUT2D eigenvalue weighted by Crippen LogP contribution is -2.21. The van der Waals surface area contributed by atoms with Crippen molar-refractivity contribution in [3.63, 3.8) is 0 Å². The molecule has 0 spiro atoms. The van der Waals surface area contributed by atoms with E-state index in [0.29, 0.717) is 11.7 Å².